The minimum atomic E-state index is -1.57. The van der Waals surface area contributed by atoms with Crippen molar-refractivity contribution in [3.63, 3.8) is 0 Å². The fourth-order valence-electron chi connectivity index (χ4n) is 1.10. The van der Waals surface area contributed by atoms with Gasteiger partial charge in [0.1, 0.15) is 0 Å². The fourth-order valence-corrected chi connectivity index (χ4v) is 1.10. The minimum absolute atomic E-state index is 0.279. The monoisotopic (exact) mass is 208 g/mol. The highest BCUT2D eigenvalue weighted by atomic mass is 16.5. The van der Waals surface area contributed by atoms with Gasteiger partial charge in [0, 0.05) is 0 Å². The van der Waals surface area contributed by atoms with Gasteiger partial charge in [-0.05, 0) is 24.0 Å². The van der Waals surface area contributed by atoms with Crippen LogP contribution in [0.5, 0.6) is 0 Å². The molecule has 0 heterocycles. The first-order valence-corrected chi connectivity index (χ1v) is 4.78. The van der Waals surface area contributed by atoms with Crippen LogP contribution in [0.1, 0.15) is 23.7 Å². The summed E-state index contributed by atoms with van der Waals surface area (Å²) in [5, 5.41) is 17.8. The number of carbonyl (C=O) groups excluding carboxylic acids is 1. The standard InChI is InChI=1S/C10H13BO4/c1-2-6-15-10(12)8-4-3-5-9(7-8)11(13)14/h3-5,7,13-14H,2,6H2,1H3. The van der Waals surface area contributed by atoms with E-state index >= 15 is 0 Å². The third-order valence-corrected chi connectivity index (χ3v) is 1.86. The maximum absolute atomic E-state index is 11.4. The quantitative estimate of drug-likeness (QED) is 0.537. The molecule has 0 aliphatic carbocycles. The molecule has 4 nitrogen and oxygen atoms in total. The van der Waals surface area contributed by atoms with Crippen molar-refractivity contribution in [2.45, 2.75) is 13.3 Å². The Bertz CT molecular complexity index is 338. The predicted octanol–water partition coefficient (Wildman–Crippen LogP) is -0.0668. The van der Waals surface area contributed by atoms with Gasteiger partial charge in [-0.3, -0.25) is 0 Å². The van der Waals surface area contributed by atoms with E-state index in [0.29, 0.717) is 12.2 Å². The molecule has 1 rings (SSSR count). The van der Waals surface area contributed by atoms with Crippen LogP contribution in [0.4, 0.5) is 0 Å². The number of esters is 1. The Morgan fingerprint density at radius 1 is 1.47 bits per heavy atom. The van der Waals surface area contributed by atoms with E-state index in [9.17, 15) is 4.79 Å². The van der Waals surface area contributed by atoms with Crippen LogP contribution < -0.4 is 5.46 Å². The number of benzene rings is 1. The van der Waals surface area contributed by atoms with Crippen molar-refractivity contribution in [3.8, 4) is 0 Å². The van der Waals surface area contributed by atoms with E-state index in [0.717, 1.165) is 6.42 Å². The molecule has 0 fully saturated rings. The summed E-state index contributed by atoms with van der Waals surface area (Å²) in [6.07, 6.45) is 0.758. The topological polar surface area (TPSA) is 66.8 Å². The molecule has 0 radical (unpaired) electrons. The van der Waals surface area contributed by atoms with Crippen LogP contribution in [0.3, 0.4) is 0 Å². The lowest BCUT2D eigenvalue weighted by Gasteiger charge is -2.04. The van der Waals surface area contributed by atoms with Crippen LogP contribution in [-0.4, -0.2) is 29.7 Å². The van der Waals surface area contributed by atoms with Gasteiger partial charge >= 0.3 is 13.1 Å². The maximum Gasteiger partial charge on any atom is 0.488 e. The van der Waals surface area contributed by atoms with Gasteiger partial charge < -0.3 is 14.8 Å². The average Bonchev–Trinajstić information content (AvgIpc) is 2.26. The lowest BCUT2D eigenvalue weighted by molar-refractivity contribution is 0.0505. The normalized spacial score (nSPS) is 9.80. The highest BCUT2D eigenvalue weighted by Gasteiger charge is 2.13. The van der Waals surface area contributed by atoms with Crippen LogP contribution in [0, 0.1) is 0 Å². The molecule has 5 heteroatoms. The first kappa shape index (κ1) is 11.7. The molecule has 0 aliphatic rings. The summed E-state index contributed by atoms with van der Waals surface area (Å²) >= 11 is 0. The Kier molecular flexibility index (Phi) is 4.33. The molecule has 2 N–H and O–H groups in total. The van der Waals surface area contributed by atoms with Crippen molar-refractivity contribution in [2.24, 2.45) is 0 Å². The van der Waals surface area contributed by atoms with Crippen molar-refractivity contribution in [1.82, 2.24) is 0 Å². The number of hydrogen-bond acceptors (Lipinski definition) is 4. The summed E-state index contributed by atoms with van der Waals surface area (Å²) in [7, 11) is -1.57. The molecular weight excluding hydrogens is 195 g/mol. The van der Waals surface area contributed by atoms with Crippen LogP contribution in [0.15, 0.2) is 24.3 Å². The smallest absolute Gasteiger partial charge is 0.462 e. The summed E-state index contributed by atoms with van der Waals surface area (Å²) in [4.78, 5) is 11.4. The van der Waals surface area contributed by atoms with Gasteiger partial charge in [-0.25, -0.2) is 4.79 Å². The lowest BCUT2D eigenvalue weighted by atomic mass is 9.80. The van der Waals surface area contributed by atoms with Gasteiger partial charge in [-0.15, -0.1) is 0 Å². The zero-order valence-corrected chi connectivity index (χ0v) is 8.51. The number of hydrogen-bond donors (Lipinski definition) is 2. The van der Waals surface area contributed by atoms with Crippen molar-refractivity contribution in [1.29, 1.82) is 0 Å². The van der Waals surface area contributed by atoms with Crippen molar-refractivity contribution < 1.29 is 19.6 Å². The average molecular weight is 208 g/mol. The molecule has 1 aromatic rings. The van der Waals surface area contributed by atoms with Crippen molar-refractivity contribution in [3.05, 3.63) is 29.8 Å². The highest BCUT2D eigenvalue weighted by molar-refractivity contribution is 6.58. The SMILES string of the molecule is CCCOC(=O)c1cccc(B(O)O)c1. The van der Waals surface area contributed by atoms with E-state index in [1.807, 2.05) is 6.92 Å². The molecule has 15 heavy (non-hydrogen) atoms. The Hall–Kier alpha value is -1.33. The van der Waals surface area contributed by atoms with Crippen LogP contribution in [0.25, 0.3) is 0 Å². The predicted molar refractivity (Wildman–Crippen MR) is 56.8 cm³/mol. The van der Waals surface area contributed by atoms with E-state index in [4.69, 9.17) is 14.8 Å². The van der Waals surface area contributed by atoms with Gasteiger partial charge in [-0.2, -0.15) is 0 Å². The Labute approximate surface area is 88.6 Å². The molecule has 0 aliphatic heterocycles. The highest BCUT2D eigenvalue weighted by Crippen LogP contribution is 2.00. The maximum atomic E-state index is 11.4. The molecule has 1 aromatic carbocycles. The number of carbonyl (C=O) groups is 1. The van der Waals surface area contributed by atoms with E-state index in [2.05, 4.69) is 0 Å². The Morgan fingerprint density at radius 2 is 2.20 bits per heavy atom. The first-order chi connectivity index (χ1) is 7.15. The summed E-state index contributed by atoms with van der Waals surface area (Å²) in [5.41, 5.74) is 0.606. The molecule has 0 amide bonds. The third-order valence-electron chi connectivity index (χ3n) is 1.86. The van der Waals surface area contributed by atoms with Gasteiger partial charge in [0.05, 0.1) is 12.2 Å². The molecular formula is C10H13BO4. The molecule has 0 saturated heterocycles. The van der Waals surface area contributed by atoms with Crippen molar-refractivity contribution in [2.75, 3.05) is 6.61 Å². The van der Waals surface area contributed by atoms with Gasteiger partial charge in [0.2, 0.25) is 0 Å². The minimum Gasteiger partial charge on any atom is -0.462 e. The lowest BCUT2D eigenvalue weighted by Crippen LogP contribution is -2.30. The fraction of sp³-hybridized carbons (Fsp3) is 0.300. The van der Waals surface area contributed by atoms with E-state index < -0.39 is 13.1 Å². The Balaban J connectivity index is 2.76. The summed E-state index contributed by atoms with van der Waals surface area (Å²) in [6, 6.07) is 6.09. The van der Waals surface area contributed by atoms with Gasteiger partial charge in [-0.1, -0.05) is 19.1 Å². The van der Waals surface area contributed by atoms with E-state index in [1.54, 1.807) is 12.1 Å². The molecule has 0 bridgehead atoms. The molecule has 80 valence electrons. The van der Waals surface area contributed by atoms with Crippen molar-refractivity contribution >= 4 is 18.6 Å². The molecule has 0 unspecified atom stereocenters. The largest absolute Gasteiger partial charge is 0.488 e. The molecule has 0 aromatic heterocycles. The van der Waals surface area contributed by atoms with Gasteiger partial charge in [0.25, 0.3) is 0 Å². The summed E-state index contributed by atoms with van der Waals surface area (Å²) < 4.78 is 4.91. The number of ether oxygens (including phenoxy) is 1. The van der Waals surface area contributed by atoms with E-state index in [-0.39, 0.29) is 5.46 Å². The zero-order valence-electron chi connectivity index (χ0n) is 8.51. The molecule has 0 spiro atoms. The van der Waals surface area contributed by atoms with Gasteiger partial charge in [0.15, 0.2) is 0 Å². The number of rotatable bonds is 4. The second kappa shape index (κ2) is 5.53. The Morgan fingerprint density at radius 3 is 2.80 bits per heavy atom. The van der Waals surface area contributed by atoms with Crippen LogP contribution in [0.2, 0.25) is 0 Å². The molecule has 0 saturated carbocycles. The second-order valence-corrected chi connectivity index (χ2v) is 3.14. The summed E-state index contributed by atoms with van der Waals surface area (Å²) in [5.74, 6) is -0.445. The zero-order chi connectivity index (χ0) is 11.3. The van der Waals surface area contributed by atoms with E-state index in [1.165, 1.54) is 12.1 Å². The molecule has 0 atom stereocenters. The second-order valence-electron chi connectivity index (χ2n) is 3.14. The van der Waals surface area contributed by atoms with Crippen LogP contribution in [-0.2, 0) is 4.74 Å². The third kappa shape index (κ3) is 3.38. The summed E-state index contributed by atoms with van der Waals surface area (Å²) in [6.45, 7) is 2.27. The van der Waals surface area contributed by atoms with Crippen LogP contribution >= 0.6 is 0 Å². The first-order valence-electron chi connectivity index (χ1n) is 4.78.